The first-order valence-electron chi connectivity index (χ1n) is 4.47. The fourth-order valence-corrected chi connectivity index (χ4v) is 2.54. The molecule has 1 atom stereocenters. The van der Waals surface area contributed by atoms with E-state index in [0.29, 0.717) is 23.1 Å². The highest BCUT2D eigenvalue weighted by atomic mass is 32.1. The van der Waals surface area contributed by atoms with E-state index < -0.39 is 5.97 Å². The summed E-state index contributed by atoms with van der Waals surface area (Å²) in [5, 5.41) is 9.76. The molecule has 1 aromatic rings. The molecule has 0 unspecified atom stereocenters. The van der Waals surface area contributed by atoms with Crippen LogP contribution in [0.3, 0.4) is 0 Å². The van der Waals surface area contributed by atoms with Gasteiger partial charge < -0.3 is 9.84 Å². The highest BCUT2D eigenvalue weighted by Crippen LogP contribution is 2.30. The van der Waals surface area contributed by atoms with Crippen molar-refractivity contribution in [1.82, 2.24) is 4.98 Å². The first-order valence-corrected chi connectivity index (χ1v) is 5.28. The van der Waals surface area contributed by atoms with Crippen LogP contribution in [0.5, 0.6) is 0 Å². The van der Waals surface area contributed by atoms with Crippen molar-refractivity contribution < 1.29 is 14.6 Å². The van der Waals surface area contributed by atoms with Crippen LogP contribution in [-0.2, 0) is 4.74 Å². The Morgan fingerprint density at radius 2 is 2.50 bits per heavy atom. The molecule has 14 heavy (non-hydrogen) atoms. The maximum absolute atomic E-state index is 10.8. The topological polar surface area (TPSA) is 59.4 Å². The van der Waals surface area contributed by atoms with Crippen molar-refractivity contribution in [2.24, 2.45) is 0 Å². The van der Waals surface area contributed by atoms with E-state index in [2.05, 4.69) is 4.98 Å². The molecule has 1 saturated heterocycles. The van der Waals surface area contributed by atoms with Crippen LogP contribution in [0.4, 0.5) is 0 Å². The average Bonchev–Trinajstić information content (AvgIpc) is 2.70. The van der Waals surface area contributed by atoms with Crippen LogP contribution in [-0.4, -0.2) is 29.3 Å². The number of carbonyl (C=O) groups is 1. The zero-order valence-corrected chi connectivity index (χ0v) is 8.63. The van der Waals surface area contributed by atoms with E-state index in [1.54, 1.807) is 6.92 Å². The molecule has 5 heteroatoms. The molecule has 1 N–H and O–H groups in total. The summed E-state index contributed by atoms with van der Waals surface area (Å²) in [6.07, 6.45) is 0.950. The van der Waals surface area contributed by atoms with Crippen LogP contribution in [0, 0.1) is 6.92 Å². The van der Waals surface area contributed by atoms with Gasteiger partial charge in [0.15, 0.2) is 0 Å². The van der Waals surface area contributed by atoms with Crippen molar-refractivity contribution in [1.29, 1.82) is 0 Å². The summed E-state index contributed by atoms with van der Waals surface area (Å²) in [5.41, 5.74) is 0.615. The van der Waals surface area contributed by atoms with Gasteiger partial charge in [0.05, 0.1) is 17.3 Å². The van der Waals surface area contributed by atoms with E-state index in [1.165, 1.54) is 11.3 Å². The normalized spacial score (nSPS) is 21.4. The molecule has 1 fully saturated rings. The molecule has 1 aliphatic rings. The van der Waals surface area contributed by atoms with Crippen molar-refractivity contribution in [3.8, 4) is 0 Å². The fourth-order valence-electron chi connectivity index (χ4n) is 1.52. The van der Waals surface area contributed by atoms with Crippen LogP contribution >= 0.6 is 11.3 Å². The number of carboxylic acid groups (broad SMARTS) is 1. The van der Waals surface area contributed by atoms with E-state index >= 15 is 0 Å². The fraction of sp³-hybridized carbons (Fsp3) is 0.556. The number of aromatic nitrogens is 1. The van der Waals surface area contributed by atoms with Crippen LogP contribution < -0.4 is 0 Å². The van der Waals surface area contributed by atoms with Gasteiger partial charge in [-0.1, -0.05) is 0 Å². The molecule has 0 bridgehead atoms. The van der Waals surface area contributed by atoms with Gasteiger partial charge >= 0.3 is 5.97 Å². The number of carboxylic acids is 1. The minimum atomic E-state index is -0.884. The Balaban J connectivity index is 2.27. The van der Waals surface area contributed by atoms with Gasteiger partial charge in [-0.05, 0) is 13.3 Å². The Hall–Kier alpha value is -0.940. The standard InChI is InChI=1S/C9H11NO3S/c1-5-7(9(11)12)14-8(10-5)6-2-3-13-4-6/h6H,2-4H2,1H3,(H,11,12)/t6-/m1/s1. The van der Waals surface area contributed by atoms with Crippen LogP contribution in [0.1, 0.15) is 32.7 Å². The second kappa shape index (κ2) is 3.67. The average molecular weight is 213 g/mol. The Morgan fingerprint density at radius 3 is 3.00 bits per heavy atom. The number of hydrogen-bond donors (Lipinski definition) is 1. The van der Waals surface area contributed by atoms with Gasteiger partial charge in [-0.25, -0.2) is 9.78 Å². The van der Waals surface area contributed by atoms with Crippen molar-refractivity contribution in [3.63, 3.8) is 0 Å². The van der Waals surface area contributed by atoms with Gasteiger partial charge in [0, 0.05) is 12.5 Å². The predicted octanol–water partition coefficient (Wildman–Crippen LogP) is 1.65. The maximum Gasteiger partial charge on any atom is 0.347 e. The summed E-state index contributed by atoms with van der Waals surface area (Å²) in [6, 6.07) is 0. The number of aromatic carboxylic acids is 1. The van der Waals surface area contributed by atoms with Gasteiger partial charge in [-0.15, -0.1) is 11.3 Å². The number of nitrogens with zero attached hydrogens (tertiary/aromatic N) is 1. The molecule has 0 spiro atoms. The third kappa shape index (κ3) is 1.65. The summed E-state index contributed by atoms with van der Waals surface area (Å²) < 4.78 is 5.24. The third-order valence-corrected chi connectivity index (χ3v) is 3.59. The van der Waals surface area contributed by atoms with Gasteiger partial charge in [0.25, 0.3) is 0 Å². The SMILES string of the molecule is Cc1nc([C@@H]2CCOC2)sc1C(=O)O. The van der Waals surface area contributed by atoms with Gasteiger partial charge in [0.1, 0.15) is 4.88 Å². The summed E-state index contributed by atoms with van der Waals surface area (Å²) in [7, 11) is 0. The molecule has 1 aliphatic heterocycles. The first-order chi connectivity index (χ1) is 6.68. The number of rotatable bonds is 2. The number of ether oxygens (including phenoxy) is 1. The molecule has 2 rings (SSSR count). The molecular formula is C9H11NO3S. The lowest BCUT2D eigenvalue weighted by Gasteiger charge is -1.99. The third-order valence-electron chi connectivity index (χ3n) is 2.29. The summed E-state index contributed by atoms with van der Waals surface area (Å²) >= 11 is 1.27. The van der Waals surface area contributed by atoms with Crippen LogP contribution in [0.2, 0.25) is 0 Å². The predicted molar refractivity (Wildman–Crippen MR) is 52.0 cm³/mol. The van der Waals surface area contributed by atoms with Crippen LogP contribution in [0.15, 0.2) is 0 Å². The van der Waals surface area contributed by atoms with E-state index in [1.807, 2.05) is 0 Å². The van der Waals surface area contributed by atoms with Crippen molar-refractivity contribution >= 4 is 17.3 Å². The Kier molecular flexibility index (Phi) is 2.52. The molecular weight excluding hydrogens is 202 g/mol. The molecule has 2 heterocycles. The van der Waals surface area contributed by atoms with E-state index in [9.17, 15) is 4.79 Å². The zero-order valence-electron chi connectivity index (χ0n) is 7.82. The lowest BCUT2D eigenvalue weighted by Crippen LogP contribution is -1.96. The lowest BCUT2D eigenvalue weighted by atomic mass is 10.1. The highest BCUT2D eigenvalue weighted by Gasteiger charge is 2.23. The van der Waals surface area contributed by atoms with Gasteiger partial charge in [0.2, 0.25) is 0 Å². The molecule has 0 amide bonds. The van der Waals surface area contributed by atoms with E-state index in [0.717, 1.165) is 18.0 Å². The van der Waals surface area contributed by atoms with Gasteiger partial charge in [-0.2, -0.15) is 0 Å². The van der Waals surface area contributed by atoms with Crippen LogP contribution in [0.25, 0.3) is 0 Å². The first kappa shape index (κ1) is 9.61. The molecule has 0 aromatic carbocycles. The molecule has 4 nitrogen and oxygen atoms in total. The summed E-state index contributed by atoms with van der Waals surface area (Å²) in [4.78, 5) is 15.4. The highest BCUT2D eigenvalue weighted by molar-refractivity contribution is 7.13. The Bertz CT molecular complexity index is 355. The molecule has 0 saturated carbocycles. The Morgan fingerprint density at radius 1 is 1.71 bits per heavy atom. The summed E-state index contributed by atoms with van der Waals surface area (Å²) in [6.45, 7) is 3.16. The second-order valence-corrected chi connectivity index (χ2v) is 4.36. The molecule has 0 radical (unpaired) electrons. The monoisotopic (exact) mass is 213 g/mol. The minimum absolute atomic E-state index is 0.298. The minimum Gasteiger partial charge on any atom is -0.477 e. The quantitative estimate of drug-likeness (QED) is 0.811. The van der Waals surface area contributed by atoms with Crippen molar-refractivity contribution in [3.05, 3.63) is 15.6 Å². The number of thiazole rings is 1. The number of hydrogen-bond acceptors (Lipinski definition) is 4. The van der Waals surface area contributed by atoms with Crippen molar-refractivity contribution in [2.75, 3.05) is 13.2 Å². The molecule has 76 valence electrons. The maximum atomic E-state index is 10.8. The number of aryl methyl sites for hydroxylation is 1. The van der Waals surface area contributed by atoms with E-state index in [-0.39, 0.29) is 0 Å². The smallest absolute Gasteiger partial charge is 0.347 e. The second-order valence-electron chi connectivity index (χ2n) is 3.33. The molecule has 1 aromatic heterocycles. The zero-order chi connectivity index (χ0) is 10.1. The largest absolute Gasteiger partial charge is 0.477 e. The van der Waals surface area contributed by atoms with Crippen molar-refractivity contribution in [2.45, 2.75) is 19.3 Å². The lowest BCUT2D eigenvalue weighted by molar-refractivity contribution is 0.0701. The Labute approximate surface area is 85.5 Å². The molecule has 0 aliphatic carbocycles. The van der Waals surface area contributed by atoms with Gasteiger partial charge in [-0.3, -0.25) is 0 Å². The van der Waals surface area contributed by atoms with E-state index in [4.69, 9.17) is 9.84 Å². The summed E-state index contributed by atoms with van der Waals surface area (Å²) in [5.74, 6) is -0.586.